The van der Waals surface area contributed by atoms with E-state index in [1.807, 2.05) is 0 Å². The molecule has 6 heteroatoms. The lowest BCUT2D eigenvalue weighted by atomic mass is 10.2. The molecule has 19 heavy (non-hydrogen) atoms. The van der Waals surface area contributed by atoms with Crippen molar-refractivity contribution < 1.29 is 14.3 Å². The lowest BCUT2D eigenvalue weighted by Gasteiger charge is -2.20. The Morgan fingerprint density at radius 2 is 2.16 bits per heavy atom. The molecule has 1 rings (SSSR count). The molecule has 1 amide bonds. The molecule has 1 N–H and O–H groups in total. The Hall–Kier alpha value is -1.84. The number of amides is 1. The van der Waals surface area contributed by atoms with Crippen LogP contribution in [0.15, 0.2) is 23.2 Å². The summed E-state index contributed by atoms with van der Waals surface area (Å²) >= 11 is 5.97. The first kappa shape index (κ1) is 15.2. The van der Waals surface area contributed by atoms with Crippen LogP contribution in [-0.2, 0) is 16.1 Å². The molecule has 0 aliphatic rings. The van der Waals surface area contributed by atoms with Crippen molar-refractivity contribution in [3.05, 3.63) is 28.8 Å². The number of carbonyl (C=O) groups excluding carboxylic acids is 2. The van der Waals surface area contributed by atoms with Gasteiger partial charge in [0.15, 0.2) is 0 Å². The van der Waals surface area contributed by atoms with Gasteiger partial charge in [-0.25, -0.2) is 14.6 Å². The molecule has 0 aliphatic carbocycles. The van der Waals surface area contributed by atoms with Gasteiger partial charge in [-0.1, -0.05) is 17.7 Å². The second-order valence-corrected chi connectivity index (χ2v) is 5.26. The van der Waals surface area contributed by atoms with E-state index in [-0.39, 0.29) is 6.54 Å². The zero-order chi connectivity index (χ0) is 14.5. The summed E-state index contributed by atoms with van der Waals surface area (Å²) in [6.07, 6.45) is 0.860. The van der Waals surface area contributed by atoms with Crippen LogP contribution in [0.1, 0.15) is 26.3 Å². The highest BCUT2D eigenvalue weighted by Crippen LogP contribution is 2.24. The van der Waals surface area contributed by atoms with Crippen LogP contribution in [0.5, 0.6) is 0 Å². The summed E-state index contributed by atoms with van der Waals surface area (Å²) in [5.41, 5.74) is 0.559. The summed E-state index contributed by atoms with van der Waals surface area (Å²) < 4.78 is 5.12. The normalized spacial score (nSPS) is 10.5. The number of nitrogens with one attached hydrogen (secondary N) is 1. The number of hydrogen-bond donors (Lipinski definition) is 1. The van der Waals surface area contributed by atoms with Gasteiger partial charge in [0.2, 0.25) is 6.08 Å². The first-order valence-electron chi connectivity index (χ1n) is 5.64. The third-order valence-electron chi connectivity index (χ3n) is 1.99. The van der Waals surface area contributed by atoms with Crippen molar-refractivity contribution in [3.63, 3.8) is 0 Å². The number of aliphatic imine (C=N–C) groups is 1. The van der Waals surface area contributed by atoms with Crippen molar-refractivity contribution in [2.24, 2.45) is 4.99 Å². The van der Waals surface area contributed by atoms with Crippen molar-refractivity contribution in [1.29, 1.82) is 0 Å². The summed E-state index contributed by atoms with van der Waals surface area (Å²) in [5, 5.41) is 2.93. The predicted octanol–water partition coefficient (Wildman–Crippen LogP) is 3.52. The molecule has 0 atom stereocenters. The minimum absolute atomic E-state index is 0.184. The predicted molar refractivity (Wildman–Crippen MR) is 73.1 cm³/mol. The molecule has 0 aliphatic heterocycles. The van der Waals surface area contributed by atoms with Gasteiger partial charge in [-0.15, -0.1) is 0 Å². The summed E-state index contributed by atoms with van der Waals surface area (Å²) in [5.74, 6) is 0. The zero-order valence-corrected chi connectivity index (χ0v) is 11.7. The Bertz CT molecular complexity index is 517. The summed E-state index contributed by atoms with van der Waals surface area (Å²) in [6.45, 7) is 5.49. The maximum absolute atomic E-state index is 11.6. The molecule has 102 valence electrons. The zero-order valence-electron chi connectivity index (χ0n) is 11.0. The summed E-state index contributed by atoms with van der Waals surface area (Å²) in [4.78, 5) is 25.1. The topological polar surface area (TPSA) is 67.8 Å². The van der Waals surface area contributed by atoms with Crippen LogP contribution < -0.4 is 5.32 Å². The summed E-state index contributed by atoms with van der Waals surface area (Å²) in [6, 6.07) is 4.96. The molecule has 1 aromatic rings. The van der Waals surface area contributed by atoms with Crippen molar-refractivity contribution in [1.82, 2.24) is 0 Å². The van der Waals surface area contributed by atoms with Gasteiger partial charge in [0.1, 0.15) is 5.60 Å². The van der Waals surface area contributed by atoms with Crippen molar-refractivity contribution in [2.45, 2.75) is 32.9 Å². The molecule has 0 radical (unpaired) electrons. The molecule has 0 saturated heterocycles. The maximum atomic E-state index is 11.6. The maximum Gasteiger partial charge on any atom is 0.412 e. The second kappa shape index (κ2) is 6.36. The lowest BCUT2D eigenvalue weighted by Crippen LogP contribution is -2.27. The standard InChI is InChI=1S/C13H15ClN2O3/c1-13(2,3)19-12(18)16-11-6-9(7-15-8-17)4-5-10(11)14/h4-6H,7H2,1-3H3,(H,16,18). The van der Waals surface area contributed by atoms with Crippen LogP contribution in [-0.4, -0.2) is 17.8 Å². The Labute approximate surface area is 116 Å². The molecule has 0 bridgehead atoms. The molecular weight excluding hydrogens is 268 g/mol. The number of isocyanates is 1. The average molecular weight is 283 g/mol. The number of halogens is 1. The molecule has 0 fully saturated rings. The lowest BCUT2D eigenvalue weighted by molar-refractivity contribution is 0.0636. The number of carbonyl (C=O) groups is 1. The highest BCUT2D eigenvalue weighted by Gasteiger charge is 2.17. The molecule has 0 heterocycles. The van der Waals surface area contributed by atoms with Gasteiger partial charge in [0.25, 0.3) is 0 Å². The average Bonchev–Trinajstić information content (AvgIpc) is 2.27. The Balaban J connectivity index is 2.82. The fourth-order valence-electron chi connectivity index (χ4n) is 1.30. The molecule has 1 aromatic carbocycles. The van der Waals surface area contributed by atoms with E-state index < -0.39 is 11.7 Å². The molecule has 0 unspecified atom stereocenters. The van der Waals surface area contributed by atoms with Crippen LogP contribution >= 0.6 is 11.6 Å². The van der Waals surface area contributed by atoms with E-state index in [1.165, 1.54) is 6.08 Å². The van der Waals surface area contributed by atoms with E-state index in [4.69, 9.17) is 16.3 Å². The van der Waals surface area contributed by atoms with Crippen LogP contribution in [0.3, 0.4) is 0 Å². The van der Waals surface area contributed by atoms with Gasteiger partial charge < -0.3 is 4.74 Å². The number of anilines is 1. The third kappa shape index (κ3) is 5.55. The molecule has 0 saturated carbocycles. The highest BCUT2D eigenvalue weighted by atomic mass is 35.5. The van der Waals surface area contributed by atoms with Crippen molar-refractivity contribution in [3.8, 4) is 0 Å². The van der Waals surface area contributed by atoms with Gasteiger partial charge in [0.05, 0.1) is 17.3 Å². The Kier molecular flexibility index (Phi) is 5.10. The first-order valence-corrected chi connectivity index (χ1v) is 6.01. The molecule has 0 aromatic heterocycles. The Morgan fingerprint density at radius 1 is 1.47 bits per heavy atom. The van der Waals surface area contributed by atoms with Gasteiger partial charge in [-0.05, 0) is 38.5 Å². The van der Waals surface area contributed by atoms with E-state index in [1.54, 1.807) is 39.0 Å². The smallest absolute Gasteiger partial charge is 0.412 e. The number of ether oxygens (including phenoxy) is 1. The SMILES string of the molecule is CC(C)(C)OC(=O)Nc1cc(CN=C=O)ccc1Cl. The van der Waals surface area contributed by atoms with E-state index >= 15 is 0 Å². The largest absolute Gasteiger partial charge is 0.444 e. The third-order valence-corrected chi connectivity index (χ3v) is 2.32. The number of hydrogen-bond acceptors (Lipinski definition) is 4. The van der Waals surface area contributed by atoms with Crippen molar-refractivity contribution >= 4 is 29.5 Å². The van der Waals surface area contributed by atoms with Crippen LogP contribution in [0.2, 0.25) is 5.02 Å². The van der Waals surface area contributed by atoms with E-state index in [0.717, 1.165) is 5.56 Å². The van der Waals surface area contributed by atoms with E-state index in [2.05, 4.69) is 10.3 Å². The first-order chi connectivity index (χ1) is 8.81. The monoisotopic (exact) mass is 282 g/mol. The molecular formula is C13H15ClN2O3. The number of rotatable bonds is 3. The quantitative estimate of drug-likeness (QED) is 0.681. The Morgan fingerprint density at radius 3 is 2.74 bits per heavy atom. The van der Waals surface area contributed by atoms with Crippen LogP contribution in [0, 0.1) is 0 Å². The van der Waals surface area contributed by atoms with Crippen molar-refractivity contribution in [2.75, 3.05) is 5.32 Å². The minimum Gasteiger partial charge on any atom is -0.444 e. The van der Waals surface area contributed by atoms with Gasteiger partial charge in [0, 0.05) is 0 Å². The van der Waals surface area contributed by atoms with Gasteiger partial charge in [-0.2, -0.15) is 0 Å². The van der Waals surface area contributed by atoms with Gasteiger partial charge >= 0.3 is 6.09 Å². The second-order valence-electron chi connectivity index (χ2n) is 4.85. The minimum atomic E-state index is -0.592. The van der Waals surface area contributed by atoms with Crippen LogP contribution in [0.4, 0.5) is 10.5 Å². The fraction of sp³-hybridized carbons (Fsp3) is 0.385. The highest BCUT2D eigenvalue weighted by molar-refractivity contribution is 6.33. The molecule has 5 nitrogen and oxygen atoms in total. The molecule has 0 spiro atoms. The number of nitrogens with zero attached hydrogens (tertiary/aromatic N) is 1. The van der Waals surface area contributed by atoms with Gasteiger partial charge in [-0.3, -0.25) is 5.32 Å². The van der Waals surface area contributed by atoms with Crippen LogP contribution in [0.25, 0.3) is 0 Å². The fourth-order valence-corrected chi connectivity index (χ4v) is 1.47. The number of benzene rings is 1. The van der Waals surface area contributed by atoms with E-state index in [9.17, 15) is 9.59 Å². The summed E-state index contributed by atoms with van der Waals surface area (Å²) in [7, 11) is 0. The van der Waals surface area contributed by atoms with E-state index in [0.29, 0.717) is 10.7 Å².